The number of halogens is 1. The molecule has 0 radical (unpaired) electrons. The summed E-state index contributed by atoms with van der Waals surface area (Å²) in [6, 6.07) is 14.6. The van der Waals surface area contributed by atoms with Gasteiger partial charge in [0.25, 0.3) is 5.56 Å². The Morgan fingerprint density at radius 1 is 0.933 bits per heavy atom. The van der Waals surface area contributed by atoms with Crippen molar-refractivity contribution >= 4 is 34.2 Å². The minimum atomic E-state index is -0.716. The van der Waals surface area contributed by atoms with Crippen molar-refractivity contribution in [1.82, 2.24) is 14.1 Å². The highest BCUT2D eigenvalue weighted by molar-refractivity contribution is 6.33. The van der Waals surface area contributed by atoms with Gasteiger partial charge in [-0.15, -0.1) is 0 Å². The lowest BCUT2D eigenvalue weighted by molar-refractivity contribution is -0.116. The van der Waals surface area contributed by atoms with Crippen molar-refractivity contribution in [3.05, 3.63) is 85.5 Å². The Balaban J connectivity index is 1.97. The van der Waals surface area contributed by atoms with E-state index in [-0.39, 0.29) is 5.91 Å². The molecule has 2 aromatic carbocycles. The van der Waals surface area contributed by atoms with E-state index in [1.807, 2.05) is 36.4 Å². The second-order valence-corrected chi connectivity index (χ2v) is 7.74. The molecular formula is C22H17ClN4O3. The number of carbonyl (C=O) groups excluding carboxylic acids is 1. The fourth-order valence-corrected chi connectivity index (χ4v) is 4.43. The van der Waals surface area contributed by atoms with Gasteiger partial charge in [-0.25, -0.2) is 4.79 Å². The van der Waals surface area contributed by atoms with Crippen molar-refractivity contribution in [2.45, 2.75) is 5.92 Å². The van der Waals surface area contributed by atoms with Gasteiger partial charge in [0, 0.05) is 35.9 Å². The fourth-order valence-electron chi connectivity index (χ4n) is 4.20. The van der Waals surface area contributed by atoms with Crippen molar-refractivity contribution in [2.24, 2.45) is 14.1 Å². The molecular weight excluding hydrogens is 404 g/mol. The predicted octanol–water partition coefficient (Wildman–Crippen LogP) is 2.97. The topological polar surface area (TPSA) is 88.9 Å². The monoisotopic (exact) mass is 420 g/mol. The lowest BCUT2D eigenvalue weighted by Gasteiger charge is -2.13. The fraction of sp³-hybridized carbons (Fsp3) is 0.136. The Morgan fingerprint density at radius 3 is 2.40 bits per heavy atom. The molecule has 0 bridgehead atoms. The zero-order valence-corrected chi connectivity index (χ0v) is 16.9. The molecule has 0 saturated heterocycles. The molecule has 7 nitrogen and oxygen atoms in total. The number of aromatic nitrogens is 3. The van der Waals surface area contributed by atoms with Crippen LogP contribution >= 0.6 is 11.6 Å². The van der Waals surface area contributed by atoms with Crippen LogP contribution in [0.3, 0.4) is 0 Å². The number of hydrogen-bond donors (Lipinski definition) is 2. The van der Waals surface area contributed by atoms with E-state index in [2.05, 4.69) is 10.3 Å². The smallest absolute Gasteiger partial charge is 0.332 e. The number of amides is 1. The van der Waals surface area contributed by atoms with Crippen LogP contribution in [0.5, 0.6) is 0 Å². The van der Waals surface area contributed by atoms with Crippen LogP contribution in [-0.4, -0.2) is 20.0 Å². The van der Waals surface area contributed by atoms with E-state index in [1.54, 1.807) is 19.2 Å². The average Bonchev–Trinajstić information content (AvgIpc) is 3.28. The number of carbonyl (C=O) groups is 1. The molecule has 0 saturated carbocycles. The maximum Gasteiger partial charge on any atom is 0.332 e. The maximum absolute atomic E-state index is 13.2. The van der Waals surface area contributed by atoms with Crippen LogP contribution < -0.4 is 16.6 Å². The van der Waals surface area contributed by atoms with Crippen molar-refractivity contribution < 1.29 is 4.79 Å². The van der Waals surface area contributed by atoms with Crippen LogP contribution in [-0.2, 0) is 18.9 Å². The molecule has 1 amide bonds. The third-order valence-corrected chi connectivity index (χ3v) is 6.00. The molecule has 5 rings (SSSR count). The average molecular weight is 421 g/mol. The molecule has 30 heavy (non-hydrogen) atoms. The third-order valence-electron chi connectivity index (χ3n) is 5.67. The van der Waals surface area contributed by atoms with Gasteiger partial charge in [-0.2, -0.15) is 0 Å². The van der Waals surface area contributed by atoms with Gasteiger partial charge in [-0.1, -0.05) is 48.0 Å². The summed E-state index contributed by atoms with van der Waals surface area (Å²) >= 11 is 6.47. The number of fused-ring (bicyclic) bond motifs is 2. The van der Waals surface area contributed by atoms with Gasteiger partial charge in [-0.05, 0) is 17.7 Å². The van der Waals surface area contributed by atoms with E-state index in [9.17, 15) is 14.4 Å². The van der Waals surface area contributed by atoms with E-state index in [0.717, 1.165) is 10.1 Å². The molecule has 2 N–H and O–H groups in total. The normalized spacial score (nSPS) is 15.4. The maximum atomic E-state index is 13.2. The number of para-hydroxylation sites is 1. The van der Waals surface area contributed by atoms with Crippen LogP contribution in [0.15, 0.2) is 58.1 Å². The van der Waals surface area contributed by atoms with Gasteiger partial charge in [0.15, 0.2) is 0 Å². The quantitative estimate of drug-likeness (QED) is 0.522. The van der Waals surface area contributed by atoms with Gasteiger partial charge in [-0.3, -0.25) is 18.7 Å². The van der Waals surface area contributed by atoms with Crippen molar-refractivity contribution in [2.75, 3.05) is 5.32 Å². The summed E-state index contributed by atoms with van der Waals surface area (Å²) in [6.45, 7) is 0. The molecule has 0 unspecified atom stereocenters. The molecule has 1 aliphatic rings. The van der Waals surface area contributed by atoms with Crippen molar-refractivity contribution in [3.8, 4) is 11.3 Å². The van der Waals surface area contributed by atoms with Gasteiger partial charge in [0.2, 0.25) is 5.91 Å². The zero-order valence-electron chi connectivity index (χ0n) is 16.2. The highest BCUT2D eigenvalue weighted by atomic mass is 35.5. The first kappa shape index (κ1) is 18.4. The highest BCUT2D eigenvalue weighted by Gasteiger charge is 2.37. The first-order valence-corrected chi connectivity index (χ1v) is 9.74. The minimum Gasteiger partial charge on any atom is -0.340 e. The molecule has 0 fully saturated rings. The Bertz CT molecular complexity index is 1480. The van der Waals surface area contributed by atoms with E-state index in [0.29, 0.717) is 38.6 Å². The largest absolute Gasteiger partial charge is 0.340 e. The number of aromatic amines is 1. The van der Waals surface area contributed by atoms with E-state index >= 15 is 0 Å². The first-order chi connectivity index (χ1) is 14.4. The minimum absolute atomic E-state index is 0.235. The van der Waals surface area contributed by atoms with E-state index in [1.165, 1.54) is 11.6 Å². The van der Waals surface area contributed by atoms with Gasteiger partial charge in [0.1, 0.15) is 5.65 Å². The van der Waals surface area contributed by atoms with Crippen LogP contribution in [0, 0.1) is 0 Å². The molecule has 0 spiro atoms. The van der Waals surface area contributed by atoms with Crippen LogP contribution in [0.4, 0.5) is 5.69 Å². The van der Waals surface area contributed by atoms with Crippen LogP contribution in [0.1, 0.15) is 17.0 Å². The summed E-state index contributed by atoms with van der Waals surface area (Å²) in [6.07, 6.45) is 0. The standard InChI is InChI=1S/C22H17ClN4O3/c1-26-19-17(21(29)27(2)22(26)30)16(18(25-19)11-7-3-5-9-13(11)23)15-12-8-4-6-10-14(12)24-20(15)28/h3-10,15,25H,1-2H3,(H,24,28)/t15-/m0/s1. The number of nitrogens with one attached hydrogen (secondary N) is 2. The zero-order chi connectivity index (χ0) is 21.2. The number of benzene rings is 2. The first-order valence-electron chi connectivity index (χ1n) is 9.36. The number of nitrogens with zero attached hydrogens (tertiary/aromatic N) is 2. The highest BCUT2D eigenvalue weighted by Crippen LogP contribution is 2.44. The molecule has 4 aromatic rings. The van der Waals surface area contributed by atoms with E-state index in [4.69, 9.17) is 11.6 Å². The number of anilines is 1. The summed E-state index contributed by atoms with van der Waals surface area (Å²) < 4.78 is 2.42. The van der Waals surface area contributed by atoms with Crippen LogP contribution in [0.2, 0.25) is 5.02 Å². The van der Waals surface area contributed by atoms with E-state index < -0.39 is 17.2 Å². The SMILES string of the molecule is Cn1c(=O)c2c([C@H]3C(=O)Nc4ccccc43)c(-c3ccccc3Cl)[nH]c2n(C)c1=O. The molecule has 2 aromatic heterocycles. The number of aryl methyl sites for hydroxylation is 1. The third kappa shape index (κ3) is 2.42. The molecule has 1 atom stereocenters. The van der Waals surface area contributed by atoms with Crippen molar-refractivity contribution in [1.29, 1.82) is 0 Å². The summed E-state index contributed by atoms with van der Waals surface area (Å²) in [5, 5.41) is 3.66. The number of hydrogen-bond acceptors (Lipinski definition) is 3. The van der Waals surface area contributed by atoms with Crippen LogP contribution in [0.25, 0.3) is 22.3 Å². The Morgan fingerprint density at radius 2 is 1.63 bits per heavy atom. The second kappa shape index (κ2) is 6.47. The van der Waals surface area contributed by atoms with Gasteiger partial charge in [0.05, 0.1) is 17.0 Å². The summed E-state index contributed by atoms with van der Waals surface area (Å²) in [4.78, 5) is 42.0. The lowest BCUT2D eigenvalue weighted by Crippen LogP contribution is -2.37. The molecule has 1 aliphatic heterocycles. The molecule has 150 valence electrons. The predicted molar refractivity (Wildman–Crippen MR) is 116 cm³/mol. The van der Waals surface area contributed by atoms with Gasteiger partial charge >= 0.3 is 5.69 Å². The Labute approximate surface area is 175 Å². The van der Waals surface area contributed by atoms with Gasteiger partial charge < -0.3 is 10.3 Å². The summed E-state index contributed by atoms with van der Waals surface area (Å²) in [5.41, 5.74) is 2.61. The Kier molecular flexibility index (Phi) is 3.98. The number of H-pyrrole nitrogens is 1. The second-order valence-electron chi connectivity index (χ2n) is 7.33. The number of rotatable bonds is 2. The van der Waals surface area contributed by atoms with Crippen molar-refractivity contribution in [3.63, 3.8) is 0 Å². The summed E-state index contributed by atoms with van der Waals surface area (Å²) in [5.74, 6) is -0.951. The molecule has 8 heteroatoms. The lowest BCUT2D eigenvalue weighted by atomic mass is 9.89. The molecule has 0 aliphatic carbocycles. The summed E-state index contributed by atoms with van der Waals surface area (Å²) in [7, 11) is 3.02. The molecule has 3 heterocycles. The Hall–Kier alpha value is -3.58.